The molecule has 1 aliphatic rings. The number of hydrogen-bond acceptors (Lipinski definition) is 7. The lowest BCUT2D eigenvalue weighted by atomic mass is 10.1. The van der Waals surface area contributed by atoms with Crippen molar-refractivity contribution in [2.45, 2.75) is 17.3 Å². The third-order valence-electron chi connectivity index (χ3n) is 4.21. The van der Waals surface area contributed by atoms with Crippen molar-refractivity contribution in [1.29, 1.82) is 0 Å². The first-order chi connectivity index (χ1) is 13.5. The number of ether oxygens (including phenoxy) is 2. The second kappa shape index (κ2) is 7.47. The van der Waals surface area contributed by atoms with Crippen molar-refractivity contribution < 1.29 is 18.8 Å². The number of halogens is 1. The molecular weight excluding hydrogens is 387 g/mol. The molecule has 0 bridgehead atoms. The zero-order valence-electron chi connectivity index (χ0n) is 14.7. The van der Waals surface area contributed by atoms with E-state index in [1.54, 1.807) is 41.8 Å². The Kier molecular flexibility index (Phi) is 4.86. The first-order valence-electron chi connectivity index (χ1n) is 8.37. The van der Waals surface area contributed by atoms with Crippen LogP contribution in [0, 0.1) is 22.9 Å². The highest BCUT2D eigenvalue weighted by atomic mass is 32.2. The number of fused-ring (bicyclic) bond motifs is 1. The maximum absolute atomic E-state index is 13.3. The standard InChI is InChI=1S/C18H15FN4O4S/c1-11-20-21-18(23(11)14-5-3-13(19)4-6-14)28-17(9-22(24)25)12-2-7-15-16(8-12)27-10-26-15/h2-8,17H,9-10H2,1H3/t17-/m0/s1. The minimum atomic E-state index is -0.521. The molecule has 0 spiro atoms. The molecule has 28 heavy (non-hydrogen) atoms. The van der Waals surface area contributed by atoms with Crippen LogP contribution in [0.4, 0.5) is 4.39 Å². The zero-order valence-corrected chi connectivity index (χ0v) is 15.6. The molecule has 0 aliphatic carbocycles. The van der Waals surface area contributed by atoms with Crippen molar-refractivity contribution in [1.82, 2.24) is 14.8 Å². The molecule has 1 aromatic heterocycles. The van der Waals surface area contributed by atoms with E-state index in [0.29, 0.717) is 28.2 Å². The lowest BCUT2D eigenvalue weighted by Crippen LogP contribution is -2.11. The fourth-order valence-corrected chi connectivity index (χ4v) is 4.06. The molecule has 4 rings (SSSR count). The average molecular weight is 402 g/mol. The molecule has 144 valence electrons. The summed E-state index contributed by atoms with van der Waals surface area (Å²) in [5, 5.41) is 19.5. The molecule has 0 saturated heterocycles. The van der Waals surface area contributed by atoms with Crippen LogP contribution in [0.25, 0.3) is 5.69 Å². The van der Waals surface area contributed by atoms with E-state index in [1.807, 2.05) is 0 Å². The molecular formula is C18H15FN4O4S. The smallest absolute Gasteiger partial charge is 0.231 e. The van der Waals surface area contributed by atoms with Gasteiger partial charge in [0.15, 0.2) is 16.7 Å². The lowest BCUT2D eigenvalue weighted by molar-refractivity contribution is -0.479. The number of aryl methyl sites for hydroxylation is 1. The molecule has 0 unspecified atom stereocenters. The van der Waals surface area contributed by atoms with Crippen LogP contribution in [-0.4, -0.2) is 33.0 Å². The van der Waals surface area contributed by atoms with Crippen LogP contribution in [0.1, 0.15) is 16.6 Å². The normalized spacial score (nSPS) is 13.5. The van der Waals surface area contributed by atoms with E-state index in [1.165, 1.54) is 23.9 Å². The van der Waals surface area contributed by atoms with E-state index in [-0.39, 0.29) is 24.1 Å². The Labute approximate surface area is 163 Å². The Morgan fingerprint density at radius 1 is 1.21 bits per heavy atom. The van der Waals surface area contributed by atoms with Gasteiger partial charge in [-0.3, -0.25) is 14.7 Å². The van der Waals surface area contributed by atoms with Crippen LogP contribution >= 0.6 is 11.8 Å². The van der Waals surface area contributed by atoms with E-state index in [4.69, 9.17) is 9.47 Å². The van der Waals surface area contributed by atoms with Crippen molar-refractivity contribution in [3.8, 4) is 17.2 Å². The second-order valence-corrected chi connectivity index (χ2v) is 7.25. The Morgan fingerprint density at radius 2 is 1.96 bits per heavy atom. The molecule has 0 fully saturated rings. The van der Waals surface area contributed by atoms with Gasteiger partial charge < -0.3 is 9.47 Å². The van der Waals surface area contributed by atoms with Gasteiger partial charge in [0.25, 0.3) is 0 Å². The number of benzene rings is 2. The van der Waals surface area contributed by atoms with Gasteiger partial charge >= 0.3 is 0 Å². The summed E-state index contributed by atoms with van der Waals surface area (Å²) in [6.07, 6.45) is 0. The molecule has 0 radical (unpaired) electrons. The number of thioether (sulfide) groups is 1. The fraction of sp³-hybridized carbons (Fsp3) is 0.222. The van der Waals surface area contributed by atoms with Gasteiger partial charge in [0.1, 0.15) is 16.9 Å². The van der Waals surface area contributed by atoms with Crippen LogP contribution in [0.2, 0.25) is 0 Å². The van der Waals surface area contributed by atoms with Crippen molar-refractivity contribution in [3.05, 3.63) is 69.8 Å². The Bertz CT molecular complexity index is 1020. The third kappa shape index (κ3) is 3.63. The van der Waals surface area contributed by atoms with Gasteiger partial charge in [0, 0.05) is 10.6 Å². The Balaban J connectivity index is 1.68. The summed E-state index contributed by atoms with van der Waals surface area (Å²) in [6.45, 7) is 1.59. The molecule has 10 heteroatoms. The Hall–Kier alpha value is -3.14. The average Bonchev–Trinajstić information content (AvgIpc) is 3.27. The minimum Gasteiger partial charge on any atom is -0.454 e. The van der Waals surface area contributed by atoms with Gasteiger partial charge in [-0.05, 0) is 48.9 Å². The van der Waals surface area contributed by atoms with E-state index in [2.05, 4.69) is 10.2 Å². The number of nitrogens with zero attached hydrogens (tertiary/aromatic N) is 4. The van der Waals surface area contributed by atoms with E-state index in [9.17, 15) is 14.5 Å². The minimum absolute atomic E-state index is 0.129. The van der Waals surface area contributed by atoms with Crippen LogP contribution in [0.5, 0.6) is 11.5 Å². The maximum Gasteiger partial charge on any atom is 0.231 e. The fourth-order valence-electron chi connectivity index (χ4n) is 2.89. The van der Waals surface area contributed by atoms with Crippen LogP contribution in [0.3, 0.4) is 0 Å². The van der Waals surface area contributed by atoms with Gasteiger partial charge in [0.2, 0.25) is 13.3 Å². The summed E-state index contributed by atoms with van der Waals surface area (Å²) in [5.41, 5.74) is 1.40. The van der Waals surface area contributed by atoms with Crippen molar-refractivity contribution in [2.24, 2.45) is 0 Å². The van der Waals surface area contributed by atoms with Crippen LogP contribution in [-0.2, 0) is 0 Å². The lowest BCUT2D eigenvalue weighted by Gasteiger charge is -2.14. The highest BCUT2D eigenvalue weighted by molar-refractivity contribution is 7.99. The predicted octanol–water partition coefficient (Wildman–Crippen LogP) is 3.55. The largest absolute Gasteiger partial charge is 0.454 e. The van der Waals surface area contributed by atoms with Crippen LogP contribution < -0.4 is 9.47 Å². The molecule has 0 N–H and O–H groups in total. The summed E-state index contributed by atoms with van der Waals surface area (Å²) in [5.74, 6) is 1.41. The summed E-state index contributed by atoms with van der Waals surface area (Å²) in [7, 11) is 0. The Morgan fingerprint density at radius 3 is 2.71 bits per heavy atom. The van der Waals surface area contributed by atoms with E-state index >= 15 is 0 Å². The summed E-state index contributed by atoms with van der Waals surface area (Å²) >= 11 is 1.22. The van der Waals surface area contributed by atoms with Crippen molar-refractivity contribution in [3.63, 3.8) is 0 Å². The predicted molar refractivity (Wildman–Crippen MR) is 99.1 cm³/mol. The molecule has 2 heterocycles. The highest BCUT2D eigenvalue weighted by Crippen LogP contribution is 2.40. The van der Waals surface area contributed by atoms with Crippen molar-refractivity contribution in [2.75, 3.05) is 13.3 Å². The molecule has 3 aromatic rings. The number of nitro groups is 1. The number of aromatic nitrogens is 3. The maximum atomic E-state index is 13.3. The number of hydrogen-bond donors (Lipinski definition) is 0. The first kappa shape index (κ1) is 18.2. The molecule has 2 aromatic carbocycles. The first-order valence-corrected chi connectivity index (χ1v) is 9.25. The third-order valence-corrected chi connectivity index (χ3v) is 5.39. The summed E-state index contributed by atoms with van der Waals surface area (Å²) in [4.78, 5) is 10.9. The number of rotatable bonds is 6. The zero-order chi connectivity index (χ0) is 19.7. The quantitative estimate of drug-likeness (QED) is 0.354. The van der Waals surface area contributed by atoms with E-state index in [0.717, 1.165) is 5.56 Å². The van der Waals surface area contributed by atoms with Crippen LogP contribution in [0.15, 0.2) is 47.6 Å². The van der Waals surface area contributed by atoms with Gasteiger partial charge in [0.05, 0.1) is 0 Å². The van der Waals surface area contributed by atoms with Gasteiger partial charge in [-0.25, -0.2) is 4.39 Å². The molecule has 8 nitrogen and oxygen atoms in total. The van der Waals surface area contributed by atoms with Gasteiger partial charge in [-0.1, -0.05) is 17.8 Å². The van der Waals surface area contributed by atoms with Gasteiger partial charge in [-0.2, -0.15) is 0 Å². The summed E-state index contributed by atoms with van der Waals surface area (Å²) < 4.78 is 25.7. The summed E-state index contributed by atoms with van der Waals surface area (Å²) in [6, 6.07) is 11.2. The van der Waals surface area contributed by atoms with Gasteiger partial charge in [-0.15, -0.1) is 10.2 Å². The molecule has 1 aliphatic heterocycles. The monoisotopic (exact) mass is 402 g/mol. The van der Waals surface area contributed by atoms with E-state index < -0.39 is 5.25 Å². The molecule has 1 atom stereocenters. The highest BCUT2D eigenvalue weighted by Gasteiger charge is 2.26. The molecule has 0 saturated carbocycles. The molecule has 0 amide bonds. The topological polar surface area (TPSA) is 92.3 Å². The SMILES string of the molecule is Cc1nnc(S[C@@H](C[N+](=O)[O-])c2ccc3c(c2)OCO3)n1-c1ccc(F)cc1. The van der Waals surface area contributed by atoms with Crippen molar-refractivity contribution >= 4 is 11.8 Å². The second-order valence-electron chi connectivity index (χ2n) is 6.08.